The fraction of sp³-hybridized carbons (Fsp3) is 0.455. The first-order chi connectivity index (χ1) is 7.70. The largest absolute Gasteiger partial charge is 0.383 e. The number of nitro groups is 1. The Morgan fingerprint density at radius 2 is 2.18 bits per heavy atom. The van der Waals surface area contributed by atoms with Crippen LogP contribution >= 0.6 is 12.4 Å². The van der Waals surface area contributed by atoms with Crippen molar-refractivity contribution in [2.75, 3.05) is 12.4 Å². The third kappa shape index (κ3) is 3.57. The second kappa shape index (κ2) is 5.84. The van der Waals surface area contributed by atoms with Gasteiger partial charge in [-0.2, -0.15) is 0 Å². The van der Waals surface area contributed by atoms with E-state index in [2.05, 4.69) is 10.6 Å². The lowest BCUT2D eigenvalue weighted by Crippen LogP contribution is -2.15. The van der Waals surface area contributed by atoms with E-state index in [0.717, 1.165) is 5.56 Å². The van der Waals surface area contributed by atoms with Crippen molar-refractivity contribution in [3.63, 3.8) is 0 Å². The van der Waals surface area contributed by atoms with Crippen molar-refractivity contribution in [3.8, 4) is 0 Å². The SMILES string of the molecule is CNc1ccc(CNC2CC2)cc1[N+](=O)[O-].Cl. The third-order valence-corrected chi connectivity index (χ3v) is 2.70. The Labute approximate surface area is 106 Å². The topological polar surface area (TPSA) is 67.2 Å². The molecule has 1 aromatic rings. The first-order valence-electron chi connectivity index (χ1n) is 5.39. The number of hydrogen-bond acceptors (Lipinski definition) is 4. The lowest BCUT2D eigenvalue weighted by Gasteiger charge is -2.06. The molecule has 0 heterocycles. The summed E-state index contributed by atoms with van der Waals surface area (Å²) in [4.78, 5) is 10.5. The van der Waals surface area contributed by atoms with Gasteiger partial charge in [-0.3, -0.25) is 10.1 Å². The van der Waals surface area contributed by atoms with Crippen LogP contribution in [0, 0.1) is 10.1 Å². The number of rotatable bonds is 5. The number of nitro benzene ring substituents is 1. The summed E-state index contributed by atoms with van der Waals surface area (Å²) >= 11 is 0. The summed E-state index contributed by atoms with van der Waals surface area (Å²) in [6.07, 6.45) is 2.44. The average molecular weight is 258 g/mol. The maximum Gasteiger partial charge on any atom is 0.292 e. The Bertz CT molecular complexity index is 408. The molecule has 0 atom stereocenters. The molecule has 0 aromatic heterocycles. The molecule has 94 valence electrons. The molecular weight excluding hydrogens is 242 g/mol. The van der Waals surface area contributed by atoms with Crippen LogP contribution in [0.3, 0.4) is 0 Å². The Kier molecular flexibility index (Phi) is 4.72. The van der Waals surface area contributed by atoms with Gasteiger partial charge in [0.1, 0.15) is 5.69 Å². The van der Waals surface area contributed by atoms with Crippen molar-refractivity contribution >= 4 is 23.8 Å². The van der Waals surface area contributed by atoms with Gasteiger partial charge in [0.25, 0.3) is 5.69 Å². The lowest BCUT2D eigenvalue weighted by atomic mass is 10.1. The van der Waals surface area contributed by atoms with Gasteiger partial charge < -0.3 is 10.6 Å². The van der Waals surface area contributed by atoms with Gasteiger partial charge in [-0.25, -0.2) is 0 Å². The zero-order chi connectivity index (χ0) is 11.5. The Morgan fingerprint density at radius 1 is 1.47 bits per heavy atom. The van der Waals surface area contributed by atoms with Gasteiger partial charge in [-0.15, -0.1) is 12.4 Å². The Hall–Kier alpha value is -1.33. The molecule has 0 aliphatic heterocycles. The van der Waals surface area contributed by atoms with Crippen molar-refractivity contribution in [3.05, 3.63) is 33.9 Å². The summed E-state index contributed by atoms with van der Waals surface area (Å²) in [6, 6.07) is 5.90. The summed E-state index contributed by atoms with van der Waals surface area (Å²) in [7, 11) is 1.68. The molecule has 1 fully saturated rings. The number of hydrogen-bond donors (Lipinski definition) is 2. The van der Waals surface area contributed by atoms with Gasteiger partial charge in [0.2, 0.25) is 0 Å². The number of nitrogens with zero attached hydrogens (tertiary/aromatic N) is 1. The molecule has 1 aliphatic rings. The maximum atomic E-state index is 10.8. The molecule has 1 saturated carbocycles. The monoisotopic (exact) mass is 257 g/mol. The summed E-state index contributed by atoms with van der Waals surface area (Å²) in [5.74, 6) is 0. The third-order valence-electron chi connectivity index (χ3n) is 2.70. The molecule has 2 N–H and O–H groups in total. The van der Waals surface area contributed by atoms with Gasteiger partial charge in [-0.05, 0) is 24.5 Å². The van der Waals surface area contributed by atoms with Crippen LogP contribution in [0.4, 0.5) is 11.4 Å². The molecule has 1 aromatic carbocycles. The van der Waals surface area contributed by atoms with E-state index in [1.807, 2.05) is 6.07 Å². The first-order valence-corrected chi connectivity index (χ1v) is 5.39. The number of anilines is 1. The van der Waals surface area contributed by atoms with Crippen LogP contribution in [0.25, 0.3) is 0 Å². The molecule has 0 unspecified atom stereocenters. The molecule has 2 rings (SSSR count). The average Bonchev–Trinajstić information content (AvgIpc) is 3.09. The number of halogens is 1. The van der Waals surface area contributed by atoms with Gasteiger partial charge >= 0.3 is 0 Å². The minimum Gasteiger partial charge on any atom is -0.383 e. The van der Waals surface area contributed by atoms with E-state index < -0.39 is 0 Å². The zero-order valence-electron chi connectivity index (χ0n) is 9.60. The first kappa shape index (κ1) is 13.7. The van der Waals surface area contributed by atoms with Crippen molar-refractivity contribution in [1.29, 1.82) is 0 Å². The molecule has 0 bridgehead atoms. The van der Waals surface area contributed by atoms with E-state index in [-0.39, 0.29) is 23.0 Å². The van der Waals surface area contributed by atoms with E-state index in [1.165, 1.54) is 12.8 Å². The van der Waals surface area contributed by atoms with Crippen molar-refractivity contribution in [2.45, 2.75) is 25.4 Å². The van der Waals surface area contributed by atoms with Crippen LogP contribution in [0.2, 0.25) is 0 Å². The van der Waals surface area contributed by atoms with E-state index in [4.69, 9.17) is 0 Å². The molecule has 6 heteroatoms. The predicted molar refractivity (Wildman–Crippen MR) is 69.8 cm³/mol. The lowest BCUT2D eigenvalue weighted by molar-refractivity contribution is -0.384. The van der Waals surface area contributed by atoms with E-state index in [0.29, 0.717) is 18.3 Å². The Morgan fingerprint density at radius 3 is 2.71 bits per heavy atom. The van der Waals surface area contributed by atoms with E-state index in [1.54, 1.807) is 19.2 Å². The smallest absolute Gasteiger partial charge is 0.292 e. The molecule has 0 amide bonds. The highest BCUT2D eigenvalue weighted by molar-refractivity contribution is 5.85. The molecule has 1 aliphatic carbocycles. The standard InChI is InChI=1S/C11H15N3O2.ClH/c1-12-10-5-2-8(6-11(10)14(15)16)7-13-9-3-4-9;/h2,5-6,9,12-13H,3-4,7H2,1H3;1H. The Balaban J connectivity index is 0.00000144. The van der Waals surface area contributed by atoms with Crippen LogP contribution in [0.5, 0.6) is 0 Å². The zero-order valence-corrected chi connectivity index (χ0v) is 10.4. The second-order valence-corrected chi connectivity index (χ2v) is 4.01. The molecule has 0 saturated heterocycles. The van der Waals surface area contributed by atoms with Crippen LogP contribution in [0.15, 0.2) is 18.2 Å². The van der Waals surface area contributed by atoms with Crippen molar-refractivity contribution in [1.82, 2.24) is 5.32 Å². The van der Waals surface area contributed by atoms with Crippen LogP contribution in [-0.2, 0) is 6.54 Å². The normalized spacial score (nSPS) is 13.9. The van der Waals surface area contributed by atoms with E-state index in [9.17, 15) is 10.1 Å². The minimum absolute atomic E-state index is 0. The van der Waals surface area contributed by atoms with E-state index >= 15 is 0 Å². The van der Waals surface area contributed by atoms with Gasteiger partial charge in [0, 0.05) is 25.7 Å². The molecular formula is C11H16ClN3O2. The summed E-state index contributed by atoms with van der Waals surface area (Å²) < 4.78 is 0. The number of benzene rings is 1. The predicted octanol–water partition coefficient (Wildman–Crippen LogP) is 2.31. The molecule has 0 radical (unpaired) electrons. The highest BCUT2D eigenvalue weighted by atomic mass is 35.5. The van der Waals surface area contributed by atoms with Crippen LogP contribution < -0.4 is 10.6 Å². The van der Waals surface area contributed by atoms with Gasteiger partial charge in [-0.1, -0.05) is 6.07 Å². The van der Waals surface area contributed by atoms with Crippen LogP contribution in [-0.4, -0.2) is 18.0 Å². The van der Waals surface area contributed by atoms with Crippen molar-refractivity contribution in [2.24, 2.45) is 0 Å². The minimum atomic E-state index is -0.355. The van der Waals surface area contributed by atoms with Gasteiger partial charge in [0.05, 0.1) is 4.92 Å². The fourth-order valence-electron chi connectivity index (χ4n) is 1.60. The summed E-state index contributed by atoms with van der Waals surface area (Å²) in [6.45, 7) is 0.704. The maximum absolute atomic E-state index is 10.8. The second-order valence-electron chi connectivity index (χ2n) is 4.01. The highest BCUT2D eigenvalue weighted by Crippen LogP contribution is 2.25. The summed E-state index contributed by atoms with van der Waals surface area (Å²) in [5, 5.41) is 17.0. The fourth-order valence-corrected chi connectivity index (χ4v) is 1.60. The van der Waals surface area contributed by atoms with Gasteiger partial charge in [0.15, 0.2) is 0 Å². The molecule has 0 spiro atoms. The van der Waals surface area contributed by atoms with Crippen molar-refractivity contribution < 1.29 is 4.92 Å². The quantitative estimate of drug-likeness (QED) is 0.627. The number of nitrogens with one attached hydrogen (secondary N) is 2. The highest BCUT2D eigenvalue weighted by Gasteiger charge is 2.20. The molecule has 17 heavy (non-hydrogen) atoms. The molecule has 5 nitrogen and oxygen atoms in total. The van der Waals surface area contributed by atoms with Crippen LogP contribution in [0.1, 0.15) is 18.4 Å². The summed E-state index contributed by atoms with van der Waals surface area (Å²) in [5.41, 5.74) is 1.65.